The van der Waals surface area contributed by atoms with Gasteiger partial charge in [-0.25, -0.2) is 0 Å². The van der Waals surface area contributed by atoms with Gasteiger partial charge in [-0.15, -0.1) is 0 Å². The number of nitrogens with one attached hydrogen (secondary N) is 1. The lowest BCUT2D eigenvalue weighted by Gasteiger charge is -2.30. The van der Waals surface area contributed by atoms with E-state index in [1.165, 1.54) is 12.8 Å². The second-order valence-corrected chi connectivity index (χ2v) is 3.96. The van der Waals surface area contributed by atoms with Crippen molar-refractivity contribution in [1.29, 1.82) is 0 Å². The summed E-state index contributed by atoms with van der Waals surface area (Å²) in [6.45, 7) is 2.24. The Morgan fingerprint density at radius 2 is 2.00 bits per heavy atom. The SMILES string of the molecule is COC1CCC(N[C@H](C)CO)CC1. The Hall–Kier alpha value is -0.120. The minimum absolute atomic E-state index is 0.226. The number of hydrogen-bond donors (Lipinski definition) is 2. The molecule has 3 heteroatoms. The molecule has 0 heterocycles. The first-order valence-corrected chi connectivity index (χ1v) is 5.16. The minimum atomic E-state index is 0.226. The zero-order valence-electron chi connectivity index (χ0n) is 8.62. The summed E-state index contributed by atoms with van der Waals surface area (Å²) < 4.78 is 5.29. The van der Waals surface area contributed by atoms with Crippen LogP contribution in [0, 0.1) is 0 Å². The van der Waals surface area contributed by atoms with Crippen molar-refractivity contribution in [1.82, 2.24) is 5.32 Å². The zero-order chi connectivity index (χ0) is 9.68. The van der Waals surface area contributed by atoms with Crippen molar-refractivity contribution >= 4 is 0 Å². The fraction of sp³-hybridized carbons (Fsp3) is 1.00. The second-order valence-electron chi connectivity index (χ2n) is 3.96. The first kappa shape index (κ1) is 11.0. The normalized spacial score (nSPS) is 31.6. The molecule has 0 amide bonds. The van der Waals surface area contributed by atoms with Gasteiger partial charge in [-0.1, -0.05) is 0 Å². The van der Waals surface area contributed by atoms with Crippen LogP contribution in [0.3, 0.4) is 0 Å². The first-order valence-electron chi connectivity index (χ1n) is 5.16. The third-order valence-corrected chi connectivity index (χ3v) is 2.80. The molecular formula is C10H21NO2. The Balaban J connectivity index is 2.17. The van der Waals surface area contributed by atoms with Crippen LogP contribution in [-0.4, -0.2) is 37.0 Å². The second kappa shape index (κ2) is 5.58. The molecule has 0 aliphatic heterocycles. The maximum Gasteiger partial charge on any atom is 0.0582 e. The monoisotopic (exact) mass is 187 g/mol. The van der Waals surface area contributed by atoms with Gasteiger partial charge in [0.1, 0.15) is 0 Å². The molecule has 0 unspecified atom stereocenters. The van der Waals surface area contributed by atoms with Crippen LogP contribution < -0.4 is 5.32 Å². The number of aliphatic hydroxyl groups excluding tert-OH is 1. The van der Waals surface area contributed by atoms with Crippen LogP contribution in [0.2, 0.25) is 0 Å². The predicted molar refractivity (Wildman–Crippen MR) is 52.7 cm³/mol. The number of ether oxygens (including phenoxy) is 1. The zero-order valence-corrected chi connectivity index (χ0v) is 8.62. The minimum Gasteiger partial charge on any atom is -0.395 e. The lowest BCUT2D eigenvalue weighted by molar-refractivity contribution is 0.0602. The smallest absolute Gasteiger partial charge is 0.0582 e. The van der Waals surface area contributed by atoms with Crippen LogP contribution >= 0.6 is 0 Å². The number of hydrogen-bond acceptors (Lipinski definition) is 3. The topological polar surface area (TPSA) is 41.5 Å². The average molecular weight is 187 g/mol. The fourth-order valence-corrected chi connectivity index (χ4v) is 1.92. The summed E-state index contributed by atoms with van der Waals surface area (Å²) in [6.07, 6.45) is 5.09. The molecule has 1 fully saturated rings. The van der Waals surface area contributed by atoms with Crippen molar-refractivity contribution in [2.75, 3.05) is 13.7 Å². The molecule has 0 aromatic carbocycles. The molecule has 13 heavy (non-hydrogen) atoms. The van der Waals surface area contributed by atoms with E-state index in [0.717, 1.165) is 12.8 Å². The molecule has 0 aromatic rings. The van der Waals surface area contributed by atoms with Gasteiger partial charge in [0.15, 0.2) is 0 Å². The Morgan fingerprint density at radius 3 is 2.46 bits per heavy atom. The molecule has 1 aliphatic carbocycles. The Bertz CT molecular complexity index is 133. The van der Waals surface area contributed by atoms with Crippen molar-refractivity contribution in [3.63, 3.8) is 0 Å². The maximum atomic E-state index is 8.88. The van der Waals surface area contributed by atoms with Crippen molar-refractivity contribution in [3.8, 4) is 0 Å². The van der Waals surface area contributed by atoms with E-state index >= 15 is 0 Å². The molecule has 1 rings (SSSR count). The summed E-state index contributed by atoms with van der Waals surface area (Å²) in [7, 11) is 1.79. The summed E-state index contributed by atoms with van der Waals surface area (Å²) in [5.74, 6) is 0. The molecule has 0 bridgehead atoms. The van der Waals surface area contributed by atoms with E-state index in [4.69, 9.17) is 9.84 Å². The lowest BCUT2D eigenvalue weighted by Crippen LogP contribution is -2.41. The van der Waals surface area contributed by atoms with Gasteiger partial charge < -0.3 is 15.2 Å². The van der Waals surface area contributed by atoms with Crippen molar-refractivity contribution in [3.05, 3.63) is 0 Å². The molecule has 1 aliphatic rings. The van der Waals surface area contributed by atoms with Gasteiger partial charge in [0, 0.05) is 19.2 Å². The van der Waals surface area contributed by atoms with E-state index in [-0.39, 0.29) is 12.6 Å². The van der Waals surface area contributed by atoms with E-state index in [2.05, 4.69) is 5.32 Å². The standard InChI is InChI=1S/C10H21NO2/c1-8(7-12)11-9-3-5-10(13-2)6-4-9/h8-12H,3-7H2,1-2H3/t8-,9?,10?/m1/s1. The van der Waals surface area contributed by atoms with Crippen LogP contribution in [0.15, 0.2) is 0 Å². The third kappa shape index (κ3) is 3.63. The van der Waals surface area contributed by atoms with Gasteiger partial charge in [-0.3, -0.25) is 0 Å². The number of methoxy groups -OCH3 is 1. The highest BCUT2D eigenvalue weighted by Gasteiger charge is 2.21. The predicted octanol–water partition coefficient (Wildman–Crippen LogP) is 0.914. The van der Waals surface area contributed by atoms with Gasteiger partial charge in [-0.05, 0) is 32.6 Å². The van der Waals surface area contributed by atoms with Gasteiger partial charge in [-0.2, -0.15) is 0 Å². The van der Waals surface area contributed by atoms with E-state index in [0.29, 0.717) is 12.1 Å². The number of rotatable bonds is 4. The van der Waals surface area contributed by atoms with E-state index in [9.17, 15) is 0 Å². The summed E-state index contributed by atoms with van der Waals surface area (Å²) in [5, 5.41) is 12.3. The number of aliphatic hydroxyl groups is 1. The highest BCUT2D eigenvalue weighted by Crippen LogP contribution is 2.20. The molecule has 0 radical (unpaired) electrons. The molecular weight excluding hydrogens is 166 g/mol. The van der Waals surface area contributed by atoms with Crippen LogP contribution in [0.25, 0.3) is 0 Å². The summed E-state index contributed by atoms with van der Waals surface area (Å²) in [5.41, 5.74) is 0. The third-order valence-electron chi connectivity index (χ3n) is 2.80. The lowest BCUT2D eigenvalue weighted by atomic mass is 9.92. The molecule has 0 saturated heterocycles. The fourth-order valence-electron chi connectivity index (χ4n) is 1.92. The first-order chi connectivity index (χ1) is 6.26. The molecule has 2 N–H and O–H groups in total. The summed E-state index contributed by atoms with van der Waals surface area (Å²) in [4.78, 5) is 0. The van der Waals surface area contributed by atoms with Crippen molar-refractivity contribution in [2.45, 2.75) is 50.8 Å². The van der Waals surface area contributed by atoms with E-state index in [1.54, 1.807) is 7.11 Å². The van der Waals surface area contributed by atoms with Gasteiger partial charge >= 0.3 is 0 Å². The summed E-state index contributed by atoms with van der Waals surface area (Å²) >= 11 is 0. The molecule has 0 aromatic heterocycles. The van der Waals surface area contributed by atoms with Gasteiger partial charge in [0.05, 0.1) is 12.7 Å². The quantitative estimate of drug-likeness (QED) is 0.687. The molecule has 1 saturated carbocycles. The van der Waals surface area contributed by atoms with Gasteiger partial charge in [0.25, 0.3) is 0 Å². The largest absolute Gasteiger partial charge is 0.395 e. The molecule has 78 valence electrons. The van der Waals surface area contributed by atoms with Crippen LogP contribution in [0.1, 0.15) is 32.6 Å². The Morgan fingerprint density at radius 1 is 1.38 bits per heavy atom. The molecule has 0 spiro atoms. The highest BCUT2D eigenvalue weighted by atomic mass is 16.5. The van der Waals surface area contributed by atoms with Crippen LogP contribution in [0.5, 0.6) is 0 Å². The Kier molecular flexibility index (Phi) is 4.70. The van der Waals surface area contributed by atoms with E-state index < -0.39 is 0 Å². The summed E-state index contributed by atoms with van der Waals surface area (Å²) in [6, 6.07) is 0.803. The average Bonchev–Trinajstić information content (AvgIpc) is 2.19. The van der Waals surface area contributed by atoms with Crippen LogP contribution in [0.4, 0.5) is 0 Å². The Labute approximate surface area is 80.5 Å². The van der Waals surface area contributed by atoms with Crippen LogP contribution in [-0.2, 0) is 4.74 Å². The van der Waals surface area contributed by atoms with Crippen molar-refractivity contribution in [2.24, 2.45) is 0 Å². The van der Waals surface area contributed by atoms with Crippen molar-refractivity contribution < 1.29 is 9.84 Å². The molecule has 3 nitrogen and oxygen atoms in total. The van der Waals surface area contributed by atoms with Gasteiger partial charge in [0.2, 0.25) is 0 Å². The highest BCUT2D eigenvalue weighted by molar-refractivity contribution is 4.79. The molecule has 1 atom stereocenters. The maximum absolute atomic E-state index is 8.88. The van der Waals surface area contributed by atoms with E-state index in [1.807, 2.05) is 6.92 Å².